The van der Waals surface area contributed by atoms with E-state index in [2.05, 4.69) is 12.2 Å². The number of rotatable bonds is 5. The largest absolute Gasteiger partial charge is 0.395 e. The zero-order valence-electron chi connectivity index (χ0n) is 9.20. The average Bonchev–Trinajstić information content (AvgIpc) is 2.26. The Morgan fingerprint density at radius 1 is 1.27 bits per heavy atom. The molecule has 84 valence electrons. The SMILES string of the molecule is CC(CN[C@H](C)CO)c1ccc(F)cc1. The fraction of sp³-hybridized carbons (Fsp3) is 0.500. The monoisotopic (exact) mass is 211 g/mol. The maximum absolute atomic E-state index is 12.7. The van der Waals surface area contributed by atoms with Gasteiger partial charge in [0.05, 0.1) is 6.61 Å². The predicted molar refractivity (Wildman–Crippen MR) is 59.4 cm³/mol. The van der Waals surface area contributed by atoms with Crippen LogP contribution in [0.1, 0.15) is 25.3 Å². The molecule has 1 aromatic rings. The second kappa shape index (κ2) is 5.83. The molecule has 0 aliphatic carbocycles. The number of nitrogens with one attached hydrogen (secondary N) is 1. The molecule has 2 N–H and O–H groups in total. The van der Waals surface area contributed by atoms with E-state index in [0.717, 1.165) is 12.1 Å². The third-order valence-electron chi connectivity index (χ3n) is 2.49. The summed E-state index contributed by atoms with van der Waals surface area (Å²) in [4.78, 5) is 0. The van der Waals surface area contributed by atoms with E-state index in [0.29, 0.717) is 5.92 Å². The summed E-state index contributed by atoms with van der Waals surface area (Å²) in [5, 5.41) is 12.0. The van der Waals surface area contributed by atoms with Crippen molar-refractivity contribution in [3.63, 3.8) is 0 Å². The maximum atomic E-state index is 12.7. The first-order valence-corrected chi connectivity index (χ1v) is 5.23. The van der Waals surface area contributed by atoms with Crippen molar-refractivity contribution in [2.24, 2.45) is 0 Å². The third-order valence-corrected chi connectivity index (χ3v) is 2.49. The molecule has 0 aliphatic rings. The van der Waals surface area contributed by atoms with E-state index in [9.17, 15) is 4.39 Å². The van der Waals surface area contributed by atoms with Crippen molar-refractivity contribution >= 4 is 0 Å². The van der Waals surface area contributed by atoms with Crippen LogP contribution in [0.4, 0.5) is 4.39 Å². The molecule has 1 aromatic carbocycles. The van der Waals surface area contributed by atoms with E-state index in [1.165, 1.54) is 12.1 Å². The number of hydrogen-bond donors (Lipinski definition) is 2. The Balaban J connectivity index is 2.46. The van der Waals surface area contributed by atoms with Gasteiger partial charge in [0, 0.05) is 12.6 Å². The summed E-state index contributed by atoms with van der Waals surface area (Å²) in [6.45, 7) is 4.92. The number of halogens is 1. The summed E-state index contributed by atoms with van der Waals surface area (Å²) >= 11 is 0. The first kappa shape index (κ1) is 12.1. The Morgan fingerprint density at radius 2 is 1.87 bits per heavy atom. The van der Waals surface area contributed by atoms with Crippen LogP contribution in [0, 0.1) is 5.82 Å². The van der Waals surface area contributed by atoms with Crippen LogP contribution in [-0.4, -0.2) is 24.3 Å². The molecule has 15 heavy (non-hydrogen) atoms. The van der Waals surface area contributed by atoms with E-state index in [-0.39, 0.29) is 18.5 Å². The van der Waals surface area contributed by atoms with Crippen LogP contribution in [0.3, 0.4) is 0 Å². The summed E-state index contributed by atoms with van der Waals surface area (Å²) in [5.74, 6) is 0.113. The maximum Gasteiger partial charge on any atom is 0.123 e. The molecule has 2 atom stereocenters. The Bertz CT molecular complexity index is 286. The van der Waals surface area contributed by atoms with Gasteiger partial charge in [-0.1, -0.05) is 19.1 Å². The van der Waals surface area contributed by atoms with Gasteiger partial charge in [0.1, 0.15) is 5.82 Å². The van der Waals surface area contributed by atoms with Crippen molar-refractivity contribution in [1.82, 2.24) is 5.32 Å². The van der Waals surface area contributed by atoms with Gasteiger partial charge in [-0.3, -0.25) is 0 Å². The molecule has 0 radical (unpaired) electrons. The molecule has 1 rings (SSSR count). The Labute approximate surface area is 90.1 Å². The lowest BCUT2D eigenvalue weighted by molar-refractivity contribution is 0.250. The van der Waals surface area contributed by atoms with Crippen LogP contribution in [0.2, 0.25) is 0 Å². The van der Waals surface area contributed by atoms with Crippen LogP contribution >= 0.6 is 0 Å². The van der Waals surface area contributed by atoms with Gasteiger partial charge in [-0.2, -0.15) is 0 Å². The molecule has 0 heterocycles. The molecule has 0 saturated heterocycles. The van der Waals surface area contributed by atoms with Crippen molar-refractivity contribution in [2.45, 2.75) is 25.8 Å². The minimum atomic E-state index is -0.206. The van der Waals surface area contributed by atoms with Gasteiger partial charge in [0.15, 0.2) is 0 Å². The highest BCUT2D eigenvalue weighted by atomic mass is 19.1. The van der Waals surface area contributed by atoms with Crippen molar-refractivity contribution in [2.75, 3.05) is 13.2 Å². The van der Waals surface area contributed by atoms with E-state index in [1.807, 2.05) is 6.92 Å². The fourth-order valence-electron chi connectivity index (χ4n) is 1.35. The summed E-state index contributed by atoms with van der Waals surface area (Å²) in [7, 11) is 0. The number of hydrogen-bond acceptors (Lipinski definition) is 2. The average molecular weight is 211 g/mol. The normalized spacial score (nSPS) is 14.9. The molecule has 3 heteroatoms. The second-order valence-electron chi connectivity index (χ2n) is 3.94. The highest BCUT2D eigenvalue weighted by Gasteiger charge is 2.07. The first-order valence-electron chi connectivity index (χ1n) is 5.23. The molecule has 1 unspecified atom stereocenters. The van der Waals surface area contributed by atoms with Crippen LogP contribution in [0.15, 0.2) is 24.3 Å². The molecule has 0 bridgehead atoms. The first-order chi connectivity index (χ1) is 7.13. The Kier molecular flexibility index (Phi) is 4.72. The third kappa shape index (κ3) is 3.98. The fourth-order valence-corrected chi connectivity index (χ4v) is 1.35. The molecule has 0 aromatic heterocycles. The zero-order valence-corrected chi connectivity index (χ0v) is 9.20. The predicted octanol–water partition coefficient (Wildman–Crippen LogP) is 1.90. The lowest BCUT2D eigenvalue weighted by atomic mass is 10.0. The van der Waals surface area contributed by atoms with Gasteiger partial charge in [-0.15, -0.1) is 0 Å². The molecular weight excluding hydrogens is 193 g/mol. The second-order valence-corrected chi connectivity index (χ2v) is 3.94. The van der Waals surface area contributed by atoms with E-state index >= 15 is 0 Å². The van der Waals surface area contributed by atoms with Crippen LogP contribution < -0.4 is 5.32 Å². The smallest absolute Gasteiger partial charge is 0.123 e. The molecule has 0 spiro atoms. The molecular formula is C12H18FNO. The van der Waals surface area contributed by atoms with Gasteiger partial charge in [-0.25, -0.2) is 4.39 Å². The number of aliphatic hydroxyl groups is 1. The highest BCUT2D eigenvalue weighted by Crippen LogP contribution is 2.14. The lowest BCUT2D eigenvalue weighted by Gasteiger charge is -2.16. The molecule has 0 amide bonds. The van der Waals surface area contributed by atoms with E-state index in [1.54, 1.807) is 12.1 Å². The van der Waals surface area contributed by atoms with E-state index < -0.39 is 0 Å². The summed E-state index contributed by atoms with van der Waals surface area (Å²) in [6, 6.07) is 6.65. The lowest BCUT2D eigenvalue weighted by Crippen LogP contribution is -2.32. The van der Waals surface area contributed by atoms with Gasteiger partial charge in [0.25, 0.3) is 0 Å². The van der Waals surface area contributed by atoms with Gasteiger partial charge in [0.2, 0.25) is 0 Å². The van der Waals surface area contributed by atoms with Crippen LogP contribution in [-0.2, 0) is 0 Å². The molecule has 0 fully saturated rings. The van der Waals surface area contributed by atoms with Gasteiger partial charge < -0.3 is 10.4 Å². The minimum Gasteiger partial charge on any atom is -0.395 e. The van der Waals surface area contributed by atoms with Crippen molar-refractivity contribution < 1.29 is 9.50 Å². The topological polar surface area (TPSA) is 32.3 Å². The van der Waals surface area contributed by atoms with Crippen LogP contribution in [0.5, 0.6) is 0 Å². The van der Waals surface area contributed by atoms with Crippen molar-refractivity contribution in [3.8, 4) is 0 Å². The van der Waals surface area contributed by atoms with Crippen molar-refractivity contribution in [3.05, 3.63) is 35.6 Å². The van der Waals surface area contributed by atoms with Crippen molar-refractivity contribution in [1.29, 1.82) is 0 Å². The Hall–Kier alpha value is -0.930. The minimum absolute atomic E-state index is 0.105. The summed E-state index contributed by atoms with van der Waals surface area (Å²) < 4.78 is 12.7. The molecule has 0 saturated carbocycles. The number of benzene rings is 1. The van der Waals surface area contributed by atoms with Gasteiger partial charge in [-0.05, 0) is 30.5 Å². The Morgan fingerprint density at radius 3 is 2.40 bits per heavy atom. The highest BCUT2D eigenvalue weighted by molar-refractivity contribution is 5.20. The zero-order chi connectivity index (χ0) is 11.3. The number of aliphatic hydroxyl groups excluding tert-OH is 1. The summed E-state index contributed by atoms with van der Waals surface area (Å²) in [5.41, 5.74) is 1.11. The summed E-state index contributed by atoms with van der Waals surface area (Å²) in [6.07, 6.45) is 0. The molecule has 0 aliphatic heterocycles. The molecule has 2 nitrogen and oxygen atoms in total. The standard InChI is InChI=1S/C12H18FNO/c1-9(7-14-10(2)8-15)11-3-5-12(13)6-4-11/h3-6,9-10,14-15H,7-8H2,1-2H3/t9?,10-/m1/s1. The van der Waals surface area contributed by atoms with Crippen LogP contribution in [0.25, 0.3) is 0 Å². The quantitative estimate of drug-likeness (QED) is 0.779. The van der Waals surface area contributed by atoms with Gasteiger partial charge >= 0.3 is 0 Å². The van der Waals surface area contributed by atoms with E-state index in [4.69, 9.17) is 5.11 Å².